The highest BCUT2D eigenvalue weighted by Crippen LogP contribution is 2.22. The predicted octanol–water partition coefficient (Wildman–Crippen LogP) is 3.06. The van der Waals surface area contributed by atoms with E-state index >= 15 is 0 Å². The Morgan fingerprint density at radius 1 is 1.33 bits per heavy atom. The first-order valence-corrected chi connectivity index (χ1v) is 7.21. The van der Waals surface area contributed by atoms with Crippen molar-refractivity contribution in [3.8, 4) is 5.88 Å². The van der Waals surface area contributed by atoms with Crippen molar-refractivity contribution in [3.63, 3.8) is 0 Å². The molecule has 0 atom stereocenters. The van der Waals surface area contributed by atoms with Gasteiger partial charge in [-0.2, -0.15) is 0 Å². The molecule has 21 heavy (non-hydrogen) atoms. The van der Waals surface area contributed by atoms with Crippen LogP contribution in [0.4, 0.5) is 0 Å². The van der Waals surface area contributed by atoms with Crippen molar-refractivity contribution in [2.24, 2.45) is 5.73 Å². The van der Waals surface area contributed by atoms with Crippen LogP contribution in [0.15, 0.2) is 30.3 Å². The summed E-state index contributed by atoms with van der Waals surface area (Å²) in [6.07, 6.45) is 0.764. The van der Waals surface area contributed by atoms with Crippen molar-refractivity contribution in [2.45, 2.75) is 25.9 Å². The van der Waals surface area contributed by atoms with E-state index in [0.29, 0.717) is 17.5 Å². The summed E-state index contributed by atoms with van der Waals surface area (Å²) in [6, 6.07) is 9.53. The second-order valence-corrected chi connectivity index (χ2v) is 5.89. The molecule has 0 aliphatic heterocycles. The molecule has 0 radical (unpaired) electrons. The number of benzene rings is 1. The topological polar surface area (TPSA) is 57.4 Å². The maximum absolute atomic E-state index is 5.80. The van der Waals surface area contributed by atoms with Crippen LogP contribution in [-0.2, 0) is 4.74 Å². The van der Waals surface area contributed by atoms with E-state index in [9.17, 15) is 0 Å². The second kappa shape index (κ2) is 6.37. The molecule has 0 aliphatic carbocycles. The summed E-state index contributed by atoms with van der Waals surface area (Å²) >= 11 is 5.11. The Bertz CT molecular complexity index is 656. The molecule has 0 aliphatic rings. The molecule has 0 unspecified atom stereocenters. The number of nitrogens with zero attached hydrogens (tertiary/aromatic N) is 1. The standard InChI is InChI=1S/C16H20N2O2S/c1-16(2,19-3)8-9-20-14-10-12(15(17)21)11-6-4-5-7-13(11)18-14/h4-7,10H,8-9H2,1-3H3,(H2,17,21). The number of hydrogen-bond donors (Lipinski definition) is 1. The predicted molar refractivity (Wildman–Crippen MR) is 88.8 cm³/mol. The van der Waals surface area contributed by atoms with Gasteiger partial charge in [0.15, 0.2) is 0 Å². The summed E-state index contributed by atoms with van der Waals surface area (Å²) in [7, 11) is 1.69. The van der Waals surface area contributed by atoms with Gasteiger partial charge in [-0.05, 0) is 19.9 Å². The molecule has 112 valence electrons. The molecular weight excluding hydrogens is 284 g/mol. The quantitative estimate of drug-likeness (QED) is 0.831. The van der Waals surface area contributed by atoms with Gasteiger partial charge in [-0.25, -0.2) is 4.98 Å². The summed E-state index contributed by atoms with van der Waals surface area (Å²) in [5, 5.41) is 0.939. The van der Waals surface area contributed by atoms with Gasteiger partial charge in [-0.1, -0.05) is 30.4 Å². The maximum Gasteiger partial charge on any atom is 0.214 e. The normalized spacial score (nSPS) is 11.6. The molecule has 0 fully saturated rings. The Hall–Kier alpha value is -1.72. The summed E-state index contributed by atoms with van der Waals surface area (Å²) in [6.45, 7) is 4.55. The number of rotatable bonds is 6. The first-order valence-electron chi connectivity index (χ1n) is 6.80. The number of hydrogen-bond acceptors (Lipinski definition) is 4. The average Bonchev–Trinajstić information content (AvgIpc) is 2.46. The van der Waals surface area contributed by atoms with Gasteiger partial charge in [0, 0.05) is 30.5 Å². The molecule has 0 saturated heterocycles. The molecule has 2 aromatic rings. The lowest BCUT2D eigenvalue weighted by Gasteiger charge is -2.22. The third kappa shape index (κ3) is 3.89. The Labute approximate surface area is 130 Å². The van der Waals surface area contributed by atoms with E-state index in [4.69, 9.17) is 27.4 Å². The van der Waals surface area contributed by atoms with Crippen LogP contribution < -0.4 is 10.5 Å². The number of pyridine rings is 1. The van der Waals surface area contributed by atoms with E-state index in [1.54, 1.807) is 13.2 Å². The Balaban J connectivity index is 2.23. The van der Waals surface area contributed by atoms with Crippen LogP contribution in [0.5, 0.6) is 5.88 Å². The summed E-state index contributed by atoms with van der Waals surface area (Å²) in [4.78, 5) is 4.83. The van der Waals surface area contributed by atoms with Gasteiger partial charge in [0.05, 0.1) is 17.7 Å². The fraction of sp³-hybridized carbons (Fsp3) is 0.375. The molecule has 2 N–H and O–H groups in total. The van der Waals surface area contributed by atoms with Crippen LogP contribution in [0.3, 0.4) is 0 Å². The van der Waals surface area contributed by atoms with Crippen molar-refractivity contribution in [1.82, 2.24) is 4.98 Å². The number of methoxy groups -OCH3 is 1. The van der Waals surface area contributed by atoms with Crippen LogP contribution in [-0.4, -0.2) is 29.3 Å². The first kappa shape index (κ1) is 15.7. The van der Waals surface area contributed by atoms with E-state index in [1.165, 1.54) is 0 Å². The lowest BCUT2D eigenvalue weighted by molar-refractivity contribution is 0.00511. The zero-order valence-electron chi connectivity index (χ0n) is 12.6. The molecule has 0 saturated carbocycles. The summed E-state index contributed by atoms with van der Waals surface area (Å²) < 4.78 is 11.1. The van der Waals surface area contributed by atoms with E-state index in [0.717, 1.165) is 22.9 Å². The van der Waals surface area contributed by atoms with Crippen molar-refractivity contribution < 1.29 is 9.47 Å². The van der Waals surface area contributed by atoms with Crippen molar-refractivity contribution >= 4 is 28.1 Å². The molecule has 0 spiro atoms. The Morgan fingerprint density at radius 2 is 2.05 bits per heavy atom. The highest BCUT2D eigenvalue weighted by molar-refractivity contribution is 7.80. The molecule has 5 heteroatoms. The van der Waals surface area contributed by atoms with Crippen LogP contribution >= 0.6 is 12.2 Å². The molecule has 4 nitrogen and oxygen atoms in total. The van der Waals surface area contributed by atoms with Gasteiger partial charge in [0.1, 0.15) is 4.99 Å². The zero-order chi connectivity index (χ0) is 15.5. The van der Waals surface area contributed by atoms with Gasteiger partial charge in [0.25, 0.3) is 0 Å². The van der Waals surface area contributed by atoms with E-state index < -0.39 is 0 Å². The summed E-state index contributed by atoms with van der Waals surface area (Å²) in [5.74, 6) is 0.531. The van der Waals surface area contributed by atoms with E-state index in [1.807, 2.05) is 38.1 Å². The van der Waals surface area contributed by atoms with Crippen LogP contribution in [0.2, 0.25) is 0 Å². The smallest absolute Gasteiger partial charge is 0.214 e. The highest BCUT2D eigenvalue weighted by Gasteiger charge is 2.16. The van der Waals surface area contributed by atoms with Crippen LogP contribution in [0, 0.1) is 0 Å². The number of fused-ring (bicyclic) bond motifs is 1. The van der Waals surface area contributed by atoms with Gasteiger partial charge < -0.3 is 15.2 Å². The van der Waals surface area contributed by atoms with Gasteiger partial charge in [-0.15, -0.1) is 0 Å². The minimum absolute atomic E-state index is 0.219. The molecule has 1 aromatic heterocycles. The third-order valence-corrected chi connectivity index (χ3v) is 3.68. The van der Waals surface area contributed by atoms with Crippen molar-refractivity contribution in [1.29, 1.82) is 0 Å². The van der Waals surface area contributed by atoms with Crippen molar-refractivity contribution in [2.75, 3.05) is 13.7 Å². The zero-order valence-corrected chi connectivity index (χ0v) is 13.4. The molecule has 2 rings (SSSR count). The largest absolute Gasteiger partial charge is 0.478 e. The molecule has 1 heterocycles. The number of aromatic nitrogens is 1. The Kier molecular flexibility index (Phi) is 4.75. The lowest BCUT2D eigenvalue weighted by atomic mass is 10.1. The summed E-state index contributed by atoms with van der Waals surface area (Å²) in [5.41, 5.74) is 7.19. The molecule has 1 aromatic carbocycles. The van der Waals surface area contributed by atoms with Gasteiger partial charge >= 0.3 is 0 Å². The third-order valence-electron chi connectivity index (χ3n) is 3.46. The number of ether oxygens (including phenoxy) is 2. The van der Waals surface area contributed by atoms with E-state index in [-0.39, 0.29) is 5.60 Å². The monoisotopic (exact) mass is 304 g/mol. The number of nitrogens with two attached hydrogens (primary N) is 1. The van der Waals surface area contributed by atoms with E-state index in [2.05, 4.69) is 4.98 Å². The fourth-order valence-corrected chi connectivity index (χ4v) is 2.10. The second-order valence-electron chi connectivity index (χ2n) is 5.45. The van der Waals surface area contributed by atoms with Gasteiger partial charge in [0.2, 0.25) is 5.88 Å². The molecule has 0 bridgehead atoms. The van der Waals surface area contributed by atoms with Crippen LogP contribution in [0.1, 0.15) is 25.8 Å². The molecular formula is C16H20N2O2S. The SMILES string of the molecule is COC(C)(C)CCOc1cc(C(N)=S)c2ccccc2n1. The Morgan fingerprint density at radius 3 is 2.71 bits per heavy atom. The minimum Gasteiger partial charge on any atom is -0.478 e. The van der Waals surface area contributed by atoms with Crippen LogP contribution in [0.25, 0.3) is 10.9 Å². The highest BCUT2D eigenvalue weighted by atomic mass is 32.1. The minimum atomic E-state index is -0.219. The van der Waals surface area contributed by atoms with Crippen molar-refractivity contribution in [3.05, 3.63) is 35.9 Å². The van der Waals surface area contributed by atoms with Gasteiger partial charge in [-0.3, -0.25) is 0 Å². The maximum atomic E-state index is 5.80. The fourth-order valence-electron chi connectivity index (χ4n) is 1.93. The molecule has 0 amide bonds. The number of para-hydroxylation sites is 1. The average molecular weight is 304 g/mol. The lowest BCUT2D eigenvalue weighted by Crippen LogP contribution is -2.25. The first-order chi connectivity index (χ1) is 9.93. The number of thiocarbonyl (C=S) groups is 1.